The Kier molecular flexibility index (Phi) is 3.29. The van der Waals surface area contributed by atoms with Crippen molar-refractivity contribution in [2.24, 2.45) is 0 Å². The van der Waals surface area contributed by atoms with Gasteiger partial charge in [0.1, 0.15) is 6.54 Å². The van der Waals surface area contributed by atoms with Gasteiger partial charge in [-0.1, -0.05) is 0 Å². The van der Waals surface area contributed by atoms with E-state index in [1.807, 2.05) is 18.4 Å². The number of aldehydes is 1. The molecule has 0 saturated carbocycles. The molecule has 1 aromatic heterocycles. The van der Waals surface area contributed by atoms with Crippen LogP contribution in [0.15, 0.2) is 6.07 Å². The Balaban J connectivity index is 2.99. The summed E-state index contributed by atoms with van der Waals surface area (Å²) in [5.74, 6) is 0.0225. The van der Waals surface area contributed by atoms with Gasteiger partial charge < -0.3 is 9.47 Å². The van der Waals surface area contributed by atoms with E-state index in [0.717, 1.165) is 17.7 Å². The zero-order valence-corrected chi connectivity index (χ0v) is 9.57. The molecular formula is C11H16N2O2. The van der Waals surface area contributed by atoms with Gasteiger partial charge in [0.2, 0.25) is 5.91 Å². The van der Waals surface area contributed by atoms with Crippen LogP contribution in [0.5, 0.6) is 0 Å². The van der Waals surface area contributed by atoms with Gasteiger partial charge in [-0.05, 0) is 19.9 Å². The first-order valence-electron chi connectivity index (χ1n) is 4.79. The maximum atomic E-state index is 11.5. The van der Waals surface area contributed by atoms with Crippen LogP contribution in [0.4, 0.5) is 0 Å². The standard InChI is InChI=1S/C11H16N2O2/c1-8-5-10(7-14)9(2)13(8)6-11(15)12(3)4/h5,7H,6H2,1-4H3. The molecule has 0 atom stereocenters. The van der Waals surface area contributed by atoms with Crippen molar-refractivity contribution < 1.29 is 9.59 Å². The molecule has 0 bridgehead atoms. The molecule has 0 aliphatic rings. The number of nitrogens with zero attached hydrogens (tertiary/aromatic N) is 2. The van der Waals surface area contributed by atoms with Crippen LogP contribution in [-0.2, 0) is 11.3 Å². The summed E-state index contributed by atoms with van der Waals surface area (Å²) < 4.78 is 1.85. The third-order valence-electron chi connectivity index (χ3n) is 2.53. The van der Waals surface area contributed by atoms with Crippen molar-refractivity contribution in [2.45, 2.75) is 20.4 Å². The number of carbonyl (C=O) groups is 2. The van der Waals surface area contributed by atoms with Crippen molar-refractivity contribution in [3.63, 3.8) is 0 Å². The molecule has 4 nitrogen and oxygen atoms in total. The van der Waals surface area contributed by atoms with Gasteiger partial charge in [-0.25, -0.2) is 0 Å². The predicted molar refractivity (Wildman–Crippen MR) is 58.0 cm³/mol. The number of hydrogen-bond donors (Lipinski definition) is 0. The molecule has 4 heteroatoms. The summed E-state index contributed by atoms with van der Waals surface area (Å²) in [6, 6.07) is 1.80. The van der Waals surface area contributed by atoms with E-state index in [2.05, 4.69) is 0 Å². The van der Waals surface area contributed by atoms with E-state index in [-0.39, 0.29) is 5.91 Å². The molecule has 0 aliphatic carbocycles. The third-order valence-corrected chi connectivity index (χ3v) is 2.53. The van der Waals surface area contributed by atoms with Crippen molar-refractivity contribution in [3.05, 3.63) is 23.0 Å². The second-order valence-corrected chi connectivity index (χ2v) is 3.82. The van der Waals surface area contributed by atoms with Gasteiger partial charge in [0.15, 0.2) is 6.29 Å². The average molecular weight is 208 g/mol. The van der Waals surface area contributed by atoms with Crippen LogP contribution < -0.4 is 0 Å². The molecule has 1 rings (SSSR count). The van der Waals surface area contributed by atoms with Crippen molar-refractivity contribution in [3.8, 4) is 0 Å². The minimum absolute atomic E-state index is 0.0225. The first-order chi connectivity index (χ1) is 6.97. The van der Waals surface area contributed by atoms with E-state index in [0.29, 0.717) is 12.1 Å². The fourth-order valence-corrected chi connectivity index (χ4v) is 1.47. The molecule has 0 spiro atoms. The maximum absolute atomic E-state index is 11.5. The van der Waals surface area contributed by atoms with E-state index in [9.17, 15) is 9.59 Å². The van der Waals surface area contributed by atoms with Crippen molar-refractivity contribution in [1.29, 1.82) is 0 Å². The average Bonchev–Trinajstić information content (AvgIpc) is 2.44. The van der Waals surface area contributed by atoms with Crippen molar-refractivity contribution >= 4 is 12.2 Å². The molecule has 0 radical (unpaired) electrons. The van der Waals surface area contributed by atoms with Crippen LogP contribution in [0.3, 0.4) is 0 Å². The normalized spacial score (nSPS) is 10.1. The number of hydrogen-bond acceptors (Lipinski definition) is 2. The second kappa shape index (κ2) is 4.29. The summed E-state index contributed by atoms with van der Waals surface area (Å²) in [5.41, 5.74) is 2.43. The first kappa shape index (κ1) is 11.5. The zero-order chi connectivity index (χ0) is 11.6. The Labute approximate surface area is 89.5 Å². The fraction of sp³-hybridized carbons (Fsp3) is 0.455. The lowest BCUT2D eigenvalue weighted by atomic mass is 10.3. The van der Waals surface area contributed by atoms with Gasteiger partial charge in [-0.15, -0.1) is 0 Å². The van der Waals surface area contributed by atoms with Gasteiger partial charge in [-0.3, -0.25) is 9.59 Å². The Morgan fingerprint density at radius 3 is 2.47 bits per heavy atom. The van der Waals surface area contributed by atoms with Crippen LogP contribution in [0.2, 0.25) is 0 Å². The van der Waals surface area contributed by atoms with Gasteiger partial charge in [0.25, 0.3) is 0 Å². The zero-order valence-electron chi connectivity index (χ0n) is 9.57. The van der Waals surface area contributed by atoms with Crippen LogP contribution in [0.25, 0.3) is 0 Å². The number of rotatable bonds is 3. The molecule has 82 valence electrons. The smallest absolute Gasteiger partial charge is 0.241 e. The lowest BCUT2D eigenvalue weighted by molar-refractivity contribution is -0.129. The van der Waals surface area contributed by atoms with Gasteiger partial charge >= 0.3 is 0 Å². The quantitative estimate of drug-likeness (QED) is 0.696. The summed E-state index contributed by atoms with van der Waals surface area (Å²) in [6.07, 6.45) is 0.818. The predicted octanol–water partition coefficient (Wildman–Crippen LogP) is 1.01. The molecule has 1 aromatic rings. The number of aryl methyl sites for hydroxylation is 1. The van der Waals surface area contributed by atoms with Gasteiger partial charge in [0, 0.05) is 31.0 Å². The minimum Gasteiger partial charge on any atom is -0.347 e. The van der Waals surface area contributed by atoms with E-state index >= 15 is 0 Å². The molecule has 0 fully saturated rings. The monoisotopic (exact) mass is 208 g/mol. The Morgan fingerprint density at radius 1 is 1.47 bits per heavy atom. The summed E-state index contributed by atoms with van der Waals surface area (Å²) in [7, 11) is 3.44. The molecule has 0 aliphatic heterocycles. The van der Waals surface area contributed by atoms with E-state index in [1.165, 1.54) is 0 Å². The van der Waals surface area contributed by atoms with E-state index in [4.69, 9.17) is 0 Å². The first-order valence-corrected chi connectivity index (χ1v) is 4.79. The van der Waals surface area contributed by atoms with Crippen LogP contribution in [0.1, 0.15) is 21.7 Å². The summed E-state index contributed by atoms with van der Waals surface area (Å²) in [5, 5.41) is 0. The summed E-state index contributed by atoms with van der Waals surface area (Å²) in [6.45, 7) is 4.03. The van der Waals surface area contributed by atoms with Crippen LogP contribution in [0, 0.1) is 13.8 Å². The van der Waals surface area contributed by atoms with Gasteiger partial charge in [-0.2, -0.15) is 0 Å². The highest BCUT2D eigenvalue weighted by molar-refractivity contribution is 5.79. The number of aromatic nitrogens is 1. The third kappa shape index (κ3) is 2.26. The molecule has 0 unspecified atom stereocenters. The Morgan fingerprint density at radius 2 is 2.07 bits per heavy atom. The molecule has 0 aromatic carbocycles. The highest BCUT2D eigenvalue weighted by Crippen LogP contribution is 2.13. The molecule has 1 heterocycles. The van der Waals surface area contributed by atoms with Crippen LogP contribution in [-0.4, -0.2) is 35.8 Å². The summed E-state index contributed by atoms with van der Waals surface area (Å²) >= 11 is 0. The maximum Gasteiger partial charge on any atom is 0.241 e. The SMILES string of the molecule is Cc1cc(C=O)c(C)n1CC(=O)N(C)C. The number of amides is 1. The van der Waals surface area contributed by atoms with E-state index in [1.54, 1.807) is 25.1 Å². The highest BCUT2D eigenvalue weighted by atomic mass is 16.2. The second-order valence-electron chi connectivity index (χ2n) is 3.82. The lowest BCUT2D eigenvalue weighted by Crippen LogP contribution is -2.27. The fourth-order valence-electron chi connectivity index (χ4n) is 1.47. The molecular weight excluding hydrogens is 192 g/mol. The summed E-state index contributed by atoms with van der Waals surface area (Å²) in [4.78, 5) is 23.8. The molecule has 15 heavy (non-hydrogen) atoms. The van der Waals surface area contributed by atoms with Crippen molar-refractivity contribution in [2.75, 3.05) is 14.1 Å². The van der Waals surface area contributed by atoms with Crippen LogP contribution >= 0.6 is 0 Å². The lowest BCUT2D eigenvalue weighted by Gasteiger charge is -2.13. The topological polar surface area (TPSA) is 42.3 Å². The minimum atomic E-state index is 0.0225. The molecule has 0 N–H and O–H groups in total. The number of likely N-dealkylation sites (N-methyl/N-ethyl adjacent to an activating group) is 1. The highest BCUT2D eigenvalue weighted by Gasteiger charge is 2.12. The van der Waals surface area contributed by atoms with Gasteiger partial charge in [0.05, 0.1) is 0 Å². The Bertz CT molecular complexity index is 392. The number of carbonyl (C=O) groups excluding carboxylic acids is 2. The van der Waals surface area contributed by atoms with Crippen molar-refractivity contribution in [1.82, 2.24) is 9.47 Å². The van der Waals surface area contributed by atoms with E-state index < -0.39 is 0 Å². The largest absolute Gasteiger partial charge is 0.347 e. The molecule has 0 saturated heterocycles. The Hall–Kier alpha value is -1.58. The molecule has 1 amide bonds.